The molecule has 0 amide bonds. The summed E-state index contributed by atoms with van der Waals surface area (Å²) in [5.41, 5.74) is 0. The Hall–Kier alpha value is -1.10. The maximum absolute atomic E-state index is 11.1. The molecule has 0 saturated carbocycles. The van der Waals surface area contributed by atoms with Crippen molar-refractivity contribution in [1.82, 2.24) is 0 Å². The minimum absolute atomic E-state index is 0.0811. The molecule has 5 nitrogen and oxygen atoms in total. The Kier molecular flexibility index (Phi) is 9.43. The fourth-order valence-corrected chi connectivity index (χ4v) is 1.33. The van der Waals surface area contributed by atoms with Crippen LogP contribution in [-0.4, -0.2) is 38.9 Å². The summed E-state index contributed by atoms with van der Waals surface area (Å²) in [6.45, 7) is 2.65. The van der Waals surface area contributed by atoms with Gasteiger partial charge in [-0.1, -0.05) is 19.8 Å². The number of unbranched alkanes of at least 4 members (excludes halogenated alkanes) is 2. The lowest BCUT2D eigenvalue weighted by Crippen LogP contribution is -2.23. The quantitative estimate of drug-likeness (QED) is 0.457. The summed E-state index contributed by atoms with van der Waals surface area (Å²) in [4.78, 5) is 22.3. The van der Waals surface area contributed by atoms with Crippen molar-refractivity contribution >= 4 is 11.9 Å². The molecule has 0 aliphatic carbocycles. The second-order valence-corrected chi connectivity index (χ2v) is 3.76. The van der Waals surface area contributed by atoms with Crippen molar-refractivity contribution in [2.75, 3.05) is 20.8 Å². The van der Waals surface area contributed by atoms with Gasteiger partial charge in [0.2, 0.25) is 0 Å². The number of rotatable bonds is 9. The summed E-state index contributed by atoms with van der Waals surface area (Å²) in [5, 5.41) is 0. The van der Waals surface area contributed by atoms with Crippen molar-refractivity contribution in [1.29, 1.82) is 0 Å². The topological polar surface area (TPSA) is 61.8 Å². The van der Waals surface area contributed by atoms with Gasteiger partial charge in [0.05, 0.1) is 33.2 Å². The first-order valence-electron chi connectivity index (χ1n) is 5.89. The standard InChI is InChI=1S/C12H22O5/c1-4-5-6-7-17-10(8-11(13)15-2)9-12(14)16-3/h10H,4-9H2,1-3H3. The molecule has 0 fully saturated rings. The maximum atomic E-state index is 11.1. The van der Waals surface area contributed by atoms with E-state index in [0.29, 0.717) is 6.61 Å². The van der Waals surface area contributed by atoms with Gasteiger partial charge >= 0.3 is 11.9 Å². The van der Waals surface area contributed by atoms with Gasteiger partial charge in [-0.2, -0.15) is 0 Å². The van der Waals surface area contributed by atoms with Crippen LogP contribution in [0.5, 0.6) is 0 Å². The molecular weight excluding hydrogens is 224 g/mol. The fraction of sp³-hybridized carbons (Fsp3) is 0.833. The average Bonchev–Trinajstić information content (AvgIpc) is 2.33. The van der Waals surface area contributed by atoms with Crippen LogP contribution in [0.3, 0.4) is 0 Å². The summed E-state index contributed by atoms with van der Waals surface area (Å²) >= 11 is 0. The van der Waals surface area contributed by atoms with E-state index >= 15 is 0 Å². The summed E-state index contributed by atoms with van der Waals surface area (Å²) in [6.07, 6.45) is 2.81. The Morgan fingerprint density at radius 1 is 1.00 bits per heavy atom. The van der Waals surface area contributed by atoms with E-state index in [1.807, 2.05) is 0 Å². The van der Waals surface area contributed by atoms with Crippen LogP contribution in [0.15, 0.2) is 0 Å². The third-order valence-corrected chi connectivity index (χ3v) is 2.35. The molecule has 0 radical (unpaired) electrons. The van der Waals surface area contributed by atoms with E-state index in [4.69, 9.17) is 4.74 Å². The number of hydrogen-bond acceptors (Lipinski definition) is 5. The molecular formula is C12H22O5. The maximum Gasteiger partial charge on any atom is 0.308 e. The molecule has 0 heterocycles. The minimum Gasteiger partial charge on any atom is -0.469 e. The number of carbonyl (C=O) groups is 2. The Balaban J connectivity index is 4.01. The number of esters is 2. The predicted molar refractivity (Wildman–Crippen MR) is 62.5 cm³/mol. The molecule has 0 saturated heterocycles. The fourth-order valence-electron chi connectivity index (χ4n) is 1.33. The lowest BCUT2D eigenvalue weighted by atomic mass is 10.2. The van der Waals surface area contributed by atoms with Crippen LogP contribution in [0.4, 0.5) is 0 Å². The molecule has 0 aliphatic rings. The van der Waals surface area contributed by atoms with E-state index < -0.39 is 6.10 Å². The lowest BCUT2D eigenvalue weighted by Gasteiger charge is -2.15. The Labute approximate surface area is 102 Å². The molecule has 0 aromatic carbocycles. The Morgan fingerprint density at radius 2 is 1.53 bits per heavy atom. The van der Waals surface area contributed by atoms with Crippen molar-refractivity contribution in [3.8, 4) is 0 Å². The molecule has 0 spiro atoms. The SMILES string of the molecule is CCCCCOC(CC(=O)OC)CC(=O)OC. The van der Waals surface area contributed by atoms with Gasteiger partial charge in [0, 0.05) is 6.61 Å². The molecule has 100 valence electrons. The highest BCUT2D eigenvalue weighted by Crippen LogP contribution is 2.08. The van der Waals surface area contributed by atoms with E-state index in [-0.39, 0.29) is 24.8 Å². The van der Waals surface area contributed by atoms with Crippen molar-refractivity contribution in [2.24, 2.45) is 0 Å². The lowest BCUT2D eigenvalue weighted by molar-refractivity contribution is -0.148. The van der Waals surface area contributed by atoms with Crippen LogP contribution < -0.4 is 0 Å². The van der Waals surface area contributed by atoms with E-state index in [0.717, 1.165) is 19.3 Å². The van der Waals surface area contributed by atoms with E-state index in [1.54, 1.807) is 0 Å². The van der Waals surface area contributed by atoms with Crippen LogP contribution in [0.2, 0.25) is 0 Å². The first kappa shape index (κ1) is 15.9. The smallest absolute Gasteiger partial charge is 0.308 e. The zero-order chi connectivity index (χ0) is 13.1. The molecule has 0 rings (SSSR count). The van der Waals surface area contributed by atoms with E-state index in [1.165, 1.54) is 14.2 Å². The third-order valence-electron chi connectivity index (χ3n) is 2.35. The van der Waals surface area contributed by atoms with Gasteiger partial charge in [-0.25, -0.2) is 0 Å². The summed E-state index contributed by atoms with van der Waals surface area (Å²) in [6, 6.07) is 0. The minimum atomic E-state index is -0.452. The van der Waals surface area contributed by atoms with Gasteiger partial charge in [0.1, 0.15) is 0 Å². The second-order valence-electron chi connectivity index (χ2n) is 3.76. The average molecular weight is 246 g/mol. The van der Waals surface area contributed by atoms with Crippen LogP contribution in [0, 0.1) is 0 Å². The number of hydrogen-bond donors (Lipinski definition) is 0. The Morgan fingerprint density at radius 3 is 1.94 bits per heavy atom. The summed E-state index contributed by atoms with van der Waals surface area (Å²) < 4.78 is 14.6. The van der Waals surface area contributed by atoms with Gasteiger partial charge in [-0.15, -0.1) is 0 Å². The summed E-state index contributed by atoms with van der Waals surface area (Å²) in [5.74, 6) is -0.760. The molecule has 0 atom stereocenters. The molecule has 0 aromatic rings. The largest absolute Gasteiger partial charge is 0.469 e. The predicted octanol–water partition coefficient (Wildman–Crippen LogP) is 1.69. The normalized spacial score (nSPS) is 10.4. The molecule has 5 heteroatoms. The number of methoxy groups -OCH3 is 2. The van der Waals surface area contributed by atoms with E-state index in [9.17, 15) is 9.59 Å². The molecule has 0 unspecified atom stereocenters. The molecule has 17 heavy (non-hydrogen) atoms. The molecule has 0 aromatic heterocycles. The van der Waals surface area contributed by atoms with Gasteiger partial charge in [-0.3, -0.25) is 9.59 Å². The van der Waals surface area contributed by atoms with Crippen LogP contribution in [0.1, 0.15) is 39.0 Å². The van der Waals surface area contributed by atoms with Gasteiger partial charge in [0.15, 0.2) is 0 Å². The third kappa shape index (κ3) is 8.68. The van der Waals surface area contributed by atoms with E-state index in [2.05, 4.69) is 16.4 Å². The van der Waals surface area contributed by atoms with Gasteiger partial charge in [-0.05, 0) is 6.42 Å². The molecule has 0 aliphatic heterocycles. The van der Waals surface area contributed by atoms with Crippen molar-refractivity contribution in [3.05, 3.63) is 0 Å². The molecule has 0 bridgehead atoms. The number of ether oxygens (including phenoxy) is 3. The van der Waals surface area contributed by atoms with Gasteiger partial charge < -0.3 is 14.2 Å². The highest BCUT2D eigenvalue weighted by molar-refractivity contribution is 5.73. The van der Waals surface area contributed by atoms with Crippen LogP contribution in [0.25, 0.3) is 0 Å². The zero-order valence-corrected chi connectivity index (χ0v) is 10.9. The van der Waals surface area contributed by atoms with Crippen molar-refractivity contribution < 1.29 is 23.8 Å². The highest BCUT2D eigenvalue weighted by Gasteiger charge is 2.19. The van der Waals surface area contributed by atoms with Gasteiger partial charge in [0.25, 0.3) is 0 Å². The number of carbonyl (C=O) groups excluding carboxylic acids is 2. The van der Waals surface area contributed by atoms with Crippen LogP contribution in [-0.2, 0) is 23.8 Å². The first-order valence-corrected chi connectivity index (χ1v) is 5.89. The highest BCUT2D eigenvalue weighted by atomic mass is 16.5. The second kappa shape index (κ2) is 10.1. The van der Waals surface area contributed by atoms with Crippen LogP contribution >= 0.6 is 0 Å². The monoisotopic (exact) mass is 246 g/mol. The summed E-state index contributed by atoms with van der Waals surface area (Å²) in [7, 11) is 2.63. The first-order chi connectivity index (χ1) is 8.13. The molecule has 0 N–H and O–H groups in total. The van der Waals surface area contributed by atoms with Crippen molar-refractivity contribution in [3.63, 3.8) is 0 Å². The Bertz CT molecular complexity index is 209. The zero-order valence-electron chi connectivity index (χ0n) is 10.9. The van der Waals surface area contributed by atoms with Crippen molar-refractivity contribution in [2.45, 2.75) is 45.1 Å².